The van der Waals surface area contributed by atoms with Crippen molar-refractivity contribution in [1.82, 2.24) is 5.32 Å². The highest BCUT2D eigenvalue weighted by atomic mass is 16.6. The van der Waals surface area contributed by atoms with Crippen LogP contribution in [-0.2, 0) is 20.7 Å². The Morgan fingerprint density at radius 3 is 1.75 bits per heavy atom. The predicted molar refractivity (Wildman–Crippen MR) is 136 cm³/mol. The first-order valence-electron chi connectivity index (χ1n) is 12.5. The zero-order chi connectivity index (χ0) is 27.1. The molecule has 0 bridgehead atoms. The van der Waals surface area contributed by atoms with Crippen molar-refractivity contribution in [3.8, 4) is 11.5 Å². The Kier molecular flexibility index (Phi) is 13.6. The largest absolute Gasteiger partial charge is 0.493 e. The Hall–Kier alpha value is -3.10. The molecule has 0 saturated heterocycles. The summed E-state index contributed by atoms with van der Waals surface area (Å²) < 4.78 is 17.1. The average molecular weight is 508 g/mol. The van der Waals surface area contributed by atoms with Crippen LogP contribution in [0.1, 0.15) is 95.5 Å². The van der Waals surface area contributed by atoms with Gasteiger partial charge in [0.15, 0.2) is 0 Å². The molecule has 9 nitrogen and oxygen atoms in total. The molecule has 0 aliphatic carbocycles. The Balaban J connectivity index is 2.96. The van der Waals surface area contributed by atoms with Gasteiger partial charge in [0.25, 0.3) is 0 Å². The van der Waals surface area contributed by atoms with E-state index in [-0.39, 0.29) is 17.1 Å². The van der Waals surface area contributed by atoms with Gasteiger partial charge in [0.2, 0.25) is 0 Å². The molecule has 1 amide bonds. The van der Waals surface area contributed by atoms with Gasteiger partial charge < -0.3 is 34.2 Å². The molecule has 0 unspecified atom stereocenters. The van der Waals surface area contributed by atoms with Crippen LogP contribution in [0.4, 0.5) is 4.79 Å². The summed E-state index contributed by atoms with van der Waals surface area (Å²) in [5, 5.41) is 12.3. The number of carboxylic acids is 1. The number of rotatable bonds is 17. The predicted octanol–water partition coefficient (Wildman–Crippen LogP) is 5.12. The van der Waals surface area contributed by atoms with E-state index in [2.05, 4.69) is 5.32 Å². The van der Waals surface area contributed by atoms with Crippen molar-refractivity contribution in [3.63, 3.8) is 0 Å². The normalized spacial score (nSPS) is 11.0. The zero-order valence-electron chi connectivity index (χ0n) is 22.2. The molecular weight excluding hydrogens is 466 g/mol. The molecular formula is C27H41NO8. The first-order valence-corrected chi connectivity index (χ1v) is 12.5. The van der Waals surface area contributed by atoms with E-state index >= 15 is 0 Å². The molecule has 0 aliphatic heterocycles. The highest BCUT2D eigenvalue weighted by Crippen LogP contribution is 2.33. The highest BCUT2D eigenvalue weighted by molar-refractivity contribution is 5.89. The number of alkyl carbamates (subject to hydrolysis) is 1. The SMILES string of the molecule is CC(=O)CCCCOc1cc(C(=O)O)cc(OCCCCC(C)=O)c1CCCNC(=O)OC(C)(C)C. The number of amides is 1. The van der Waals surface area contributed by atoms with Crippen LogP contribution in [0, 0.1) is 0 Å². The van der Waals surface area contributed by atoms with Gasteiger partial charge in [-0.2, -0.15) is 0 Å². The molecule has 0 spiro atoms. The van der Waals surface area contributed by atoms with Gasteiger partial charge in [-0.15, -0.1) is 0 Å². The first kappa shape index (κ1) is 30.9. The number of aromatic carboxylic acids is 1. The quantitative estimate of drug-likeness (QED) is 0.278. The van der Waals surface area contributed by atoms with Gasteiger partial charge in [-0.05, 0) is 85.3 Å². The van der Waals surface area contributed by atoms with Crippen molar-refractivity contribution in [2.75, 3.05) is 19.8 Å². The number of carboxylic acid groups (broad SMARTS) is 1. The molecule has 0 radical (unpaired) electrons. The van der Waals surface area contributed by atoms with Crippen LogP contribution in [0.3, 0.4) is 0 Å². The fourth-order valence-electron chi connectivity index (χ4n) is 3.33. The summed E-state index contributed by atoms with van der Waals surface area (Å²) in [6, 6.07) is 2.96. The van der Waals surface area contributed by atoms with Gasteiger partial charge in [0.05, 0.1) is 18.8 Å². The van der Waals surface area contributed by atoms with Crippen LogP contribution in [0.25, 0.3) is 0 Å². The smallest absolute Gasteiger partial charge is 0.407 e. The Labute approximate surface area is 213 Å². The van der Waals surface area contributed by atoms with Crippen LogP contribution >= 0.6 is 0 Å². The first-order chi connectivity index (χ1) is 16.9. The highest BCUT2D eigenvalue weighted by Gasteiger charge is 2.18. The van der Waals surface area contributed by atoms with Crippen molar-refractivity contribution in [2.45, 2.75) is 91.6 Å². The molecule has 2 N–H and O–H groups in total. The standard InChI is InChI=1S/C27H41NO8/c1-19(29)11-6-8-15-34-23-17-21(25(31)32)18-24(35-16-9-7-12-20(2)30)22(23)13-10-14-28-26(33)36-27(3,4)5/h17-18H,6-16H2,1-5H3,(H,28,33)(H,31,32). The molecule has 1 aromatic carbocycles. The van der Waals surface area contributed by atoms with Gasteiger partial charge in [0.1, 0.15) is 28.7 Å². The van der Waals surface area contributed by atoms with E-state index < -0.39 is 17.7 Å². The van der Waals surface area contributed by atoms with Crippen molar-refractivity contribution in [1.29, 1.82) is 0 Å². The number of nitrogens with one attached hydrogen (secondary N) is 1. The summed E-state index contributed by atoms with van der Waals surface area (Å²) in [7, 11) is 0. The van der Waals surface area contributed by atoms with E-state index in [1.165, 1.54) is 12.1 Å². The molecule has 0 saturated carbocycles. The molecule has 0 aromatic heterocycles. The maximum Gasteiger partial charge on any atom is 0.407 e. The molecule has 1 aromatic rings. The van der Waals surface area contributed by atoms with Gasteiger partial charge in [-0.1, -0.05) is 0 Å². The molecule has 0 fully saturated rings. The van der Waals surface area contributed by atoms with Gasteiger partial charge in [-0.3, -0.25) is 0 Å². The van der Waals surface area contributed by atoms with E-state index in [1.54, 1.807) is 34.6 Å². The van der Waals surface area contributed by atoms with Crippen molar-refractivity contribution < 1.29 is 38.5 Å². The minimum absolute atomic E-state index is 0.0445. The van der Waals surface area contributed by atoms with Crippen molar-refractivity contribution in [2.24, 2.45) is 0 Å². The van der Waals surface area contributed by atoms with E-state index in [0.717, 1.165) is 0 Å². The van der Waals surface area contributed by atoms with Crippen molar-refractivity contribution >= 4 is 23.6 Å². The van der Waals surface area contributed by atoms with Crippen LogP contribution in [-0.4, -0.2) is 54.1 Å². The number of ether oxygens (including phenoxy) is 3. The molecule has 0 aliphatic rings. The van der Waals surface area contributed by atoms with Crippen LogP contribution in [0.15, 0.2) is 12.1 Å². The second-order valence-corrected chi connectivity index (χ2v) is 9.80. The zero-order valence-corrected chi connectivity index (χ0v) is 22.2. The van der Waals surface area contributed by atoms with E-state index in [9.17, 15) is 24.3 Å². The number of benzene rings is 1. The number of carbonyl (C=O) groups is 4. The van der Waals surface area contributed by atoms with Gasteiger partial charge >= 0.3 is 12.1 Å². The van der Waals surface area contributed by atoms with Crippen LogP contribution in [0.2, 0.25) is 0 Å². The summed E-state index contributed by atoms with van der Waals surface area (Å²) in [6.07, 6.45) is 4.12. The third-order valence-electron chi connectivity index (χ3n) is 5.05. The minimum Gasteiger partial charge on any atom is -0.493 e. The third kappa shape index (κ3) is 13.7. The Morgan fingerprint density at radius 2 is 1.33 bits per heavy atom. The lowest BCUT2D eigenvalue weighted by Crippen LogP contribution is -2.33. The lowest BCUT2D eigenvalue weighted by Gasteiger charge is -2.20. The topological polar surface area (TPSA) is 128 Å². The minimum atomic E-state index is -1.10. The number of unbranched alkanes of at least 4 members (excludes halogenated alkanes) is 2. The summed E-state index contributed by atoms with van der Waals surface area (Å²) in [6.45, 7) is 9.46. The lowest BCUT2D eigenvalue weighted by molar-refractivity contribution is -0.118. The molecule has 9 heteroatoms. The van der Waals surface area contributed by atoms with E-state index in [0.29, 0.717) is 88.2 Å². The number of carbonyl (C=O) groups excluding carboxylic acids is 3. The Bertz CT molecular complexity index is 843. The fraction of sp³-hybridized carbons (Fsp3) is 0.630. The summed E-state index contributed by atoms with van der Waals surface area (Å²) in [4.78, 5) is 46.0. The molecule has 0 atom stereocenters. The second-order valence-electron chi connectivity index (χ2n) is 9.80. The van der Waals surface area contributed by atoms with Gasteiger partial charge in [-0.25, -0.2) is 9.59 Å². The van der Waals surface area contributed by atoms with Crippen LogP contribution in [0.5, 0.6) is 11.5 Å². The molecule has 202 valence electrons. The lowest BCUT2D eigenvalue weighted by atomic mass is 10.0. The summed E-state index contributed by atoms with van der Waals surface area (Å²) in [5.74, 6) is -0.0542. The summed E-state index contributed by atoms with van der Waals surface area (Å²) >= 11 is 0. The second kappa shape index (κ2) is 15.8. The van der Waals surface area contributed by atoms with E-state index in [4.69, 9.17) is 14.2 Å². The Morgan fingerprint density at radius 1 is 0.833 bits per heavy atom. The number of ketones is 2. The average Bonchev–Trinajstić information content (AvgIpc) is 2.75. The number of Topliss-reactive ketones (excluding diaryl/α,β-unsaturated/α-hetero) is 2. The van der Waals surface area contributed by atoms with E-state index in [1.807, 2.05) is 0 Å². The summed E-state index contributed by atoms with van der Waals surface area (Å²) in [5.41, 5.74) is 0.163. The number of hydrogen-bond acceptors (Lipinski definition) is 7. The fourth-order valence-corrected chi connectivity index (χ4v) is 3.33. The van der Waals surface area contributed by atoms with Crippen LogP contribution < -0.4 is 14.8 Å². The van der Waals surface area contributed by atoms with Crippen molar-refractivity contribution in [3.05, 3.63) is 23.3 Å². The molecule has 36 heavy (non-hydrogen) atoms. The monoisotopic (exact) mass is 507 g/mol. The number of hydrogen-bond donors (Lipinski definition) is 2. The maximum absolute atomic E-state index is 11.9. The molecule has 1 rings (SSSR count). The maximum atomic E-state index is 11.9. The third-order valence-corrected chi connectivity index (χ3v) is 5.05. The molecule has 0 heterocycles. The van der Waals surface area contributed by atoms with Gasteiger partial charge in [0, 0.05) is 24.9 Å².